The molecule has 0 aromatic carbocycles. The molecule has 0 spiro atoms. The molecule has 5 N–H and O–H groups in total. The topological polar surface area (TPSA) is 89.8 Å². The second-order valence-electron chi connectivity index (χ2n) is 2.45. The molecule has 0 aliphatic carbocycles. The second-order valence-corrected chi connectivity index (χ2v) is 3.51. The first kappa shape index (κ1) is 10.1. The molecule has 0 amide bonds. The highest BCUT2D eigenvalue weighted by Gasteiger charge is 1.99. The van der Waals surface area contributed by atoms with Gasteiger partial charge < -0.3 is 16.8 Å². The van der Waals surface area contributed by atoms with Gasteiger partial charge in [0.05, 0.1) is 0 Å². The summed E-state index contributed by atoms with van der Waals surface area (Å²) in [5.41, 5.74) is 11.0. The third kappa shape index (κ3) is 3.47. The Balaban J connectivity index is 2.56. The van der Waals surface area contributed by atoms with E-state index in [2.05, 4.69) is 15.3 Å². The summed E-state index contributed by atoms with van der Waals surface area (Å²) in [5.74, 6) is 1.73. The predicted molar refractivity (Wildman–Crippen MR) is 55.5 cm³/mol. The summed E-state index contributed by atoms with van der Waals surface area (Å²) in [6.45, 7) is 0.905. The van der Waals surface area contributed by atoms with Crippen LogP contribution in [-0.2, 0) is 0 Å². The van der Waals surface area contributed by atoms with Gasteiger partial charge in [0.25, 0.3) is 0 Å². The van der Waals surface area contributed by atoms with Gasteiger partial charge in [-0.25, -0.2) is 9.97 Å². The summed E-state index contributed by atoms with van der Waals surface area (Å²) in [6.07, 6.45) is 0. The monoisotopic (exact) mass is 199 g/mol. The lowest BCUT2D eigenvalue weighted by Gasteiger charge is -2.01. The number of rotatable bonds is 4. The van der Waals surface area contributed by atoms with Gasteiger partial charge in [0.15, 0.2) is 5.16 Å². The van der Waals surface area contributed by atoms with E-state index in [1.807, 2.05) is 7.05 Å². The lowest BCUT2D eigenvalue weighted by Crippen LogP contribution is -2.10. The number of nitrogens with two attached hydrogens (primary N) is 2. The smallest absolute Gasteiger partial charge is 0.191 e. The Kier molecular flexibility index (Phi) is 3.78. The van der Waals surface area contributed by atoms with Crippen molar-refractivity contribution in [3.8, 4) is 0 Å². The Morgan fingerprint density at radius 2 is 2.00 bits per heavy atom. The standard InChI is InChI=1S/C7H13N5S/c1-10-2-3-13-7-11-5(8)4-6(9)12-7/h4,10H,2-3H2,1H3,(H4,8,9,11,12). The molecule has 0 saturated heterocycles. The van der Waals surface area contributed by atoms with Crippen LogP contribution in [0.1, 0.15) is 0 Å². The zero-order chi connectivity index (χ0) is 9.68. The minimum Gasteiger partial charge on any atom is -0.383 e. The van der Waals surface area contributed by atoms with Crippen LogP contribution in [0.3, 0.4) is 0 Å². The molecule has 5 nitrogen and oxygen atoms in total. The highest BCUT2D eigenvalue weighted by molar-refractivity contribution is 7.99. The molecule has 1 rings (SSSR count). The van der Waals surface area contributed by atoms with Crippen molar-refractivity contribution in [2.75, 3.05) is 30.8 Å². The number of thioether (sulfide) groups is 1. The maximum Gasteiger partial charge on any atom is 0.191 e. The van der Waals surface area contributed by atoms with Crippen molar-refractivity contribution in [3.05, 3.63) is 6.07 Å². The van der Waals surface area contributed by atoms with Crippen LogP contribution < -0.4 is 16.8 Å². The van der Waals surface area contributed by atoms with Gasteiger partial charge in [-0.15, -0.1) is 0 Å². The summed E-state index contributed by atoms with van der Waals surface area (Å²) in [7, 11) is 1.90. The number of nitrogens with one attached hydrogen (secondary N) is 1. The molecule has 0 aliphatic rings. The highest BCUT2D eigenvalue weighted by Crippen LogP contribution is 2.15. The summed E-state index contributed by atoms with van der Waals surface area (Å²) < 4.78 is 0. The van der Waals surface area contributed by atoms with Crippen molar-refractivity contribution in [2.45, 2.75) is 5.16 Å². The fourth-order valence-corrected chi connectivity index (χ4v) is 1.60. The van der Waals surface area contributed by atoms with Crippen molar-refractivity contribution in [1.29, 1.82) is 0 Å². The molecule has 0 atom stereocenters. The van der Waals surface area contributed by atoms with Crippen molar-refractivity contribution < 1.29 is 0 Å². The first-order valence-corrected chi connectivity index (χ1v) is 4.88. The van der Waals surface area contributed by atoms with Gasteiger partial charge in [0, 0.05) is 18.4 Å². The molecule has 0 aliphatic heterocycles. The average Bonchev–Trinajstić information content (AvgIpc) is 2.03. The van der Waals surface area contributed by atoms with E-state index in [0.29, 0.717) is 16.8 Å². The average molecular weight is 199 g/mol. The Morgan fingerprint density at radius 1 is 1.38 bits per heavy atom. The zero-order valence-electron chi connectivity index (χ0n) is 7.45. The van der Waals surface area contributed by atoms with Gasteiger partial charge in [-0.1, -0.05) is 11.8 Å². The molecule has 0 bridgehead atoms. The maximum atomic E-state index is 5.50. The normalized spacial score (nSPS) is 10.2. The second kappa shape index (κ2) is 4.88. The third-order valence-electron chi connectivity index (χ3n) is 1.33. The Morgan fingerprint density at radius 3 is 2.54 bits per heavy atom. The molecule has 1 aromatic rings. The van der Waals surface area contributed by atoms with Crippen LogP contribution in [0.2, 0.25) is 0 Å². The van der Waals surface area contributed by atoms with E-state index in [-0.39, 0.29) is 0 Å². The summed E-state index contributed by atoms with van der Waals surface area (Å²) >= 11 is 1.53. The number of anilines is 2. The molecule has 1 aromatic heterocycles. The Hall–Kier alpha value is -1.01. The predicted octanol–water partition coefficient (Wildman–Crippen LogP) is -0.0475. The number of hydrogen-bond acceptors (Lipinski definition) is 6. The van der Waals surface area contributed by atoms with E-state index in [1.54, 1.807) is 6.07 Å². The van der Waals surface area contributed by atoms with E-state index < -0.39 is 0 Å². The van der Waals surface area contributed by atoms with Gasteiger partial charge in [-0.2, -0.15) is 0 Å². The molecular weight excluding hydrogens is 186 g/mol. The molecule has 13 heavy (non-hydrogen) atoms. The number of aromatic nitrogens is 2. The highest BCUT2D eigenvalue weighted by atomic mass is 32.2. The van der Waals surface area contributed by atoms with Crippen LogP contribution in [0, 0.1) is 0 Å². The number of nitrogen functional groups attached to an aromatic ring is 2. The van der Waals surface area contributed by atoms with Crippen LogP contribution in [0.15, 0.2) is 11.2 Å². The van der Waals surface area contributed by atoms with E-state index in [9.17, 15) is 0 Å². The largest absolute Gasteiger partial charge is 0.383 e. The Labute approximate surface area is 81.3 Å². The van der Waals surface area contributed by atoms with Gasteiger partial charge in [0.1, 0.15) is 11.6 Å². The maximum absolute atomic E-state index is 5.50. The van der Waals surface area contributed by atoms with E-state index >= 15 is 0 Å². The molecule has 0 unspecified atom stereocenters. The number of nitrogens with zero attached hydrogens (tertiary/aromatic N) is 2. The summed E-state index contributed by atoms with van der Waals surface area (Å²) in [6, 6.07) is 1.54. The lowest BCUT2D eigenvalue weighted by molar-refractivity contribution is 0.868. The van der Waals surface area contributed by atoms with Crippen LogP contribution in [0.25, 0.3) is 0 Å². The third-order valence-corrected chi connectivity index (χ3v) is 2.18. The quantitative estimate of drug-likeness (QED) is 0.358. The molecule has 1 heterocycles. The van der Waals surface area contributed by atoms with Crippen molar-refractivity contribution in [1.82, 2.24) is 15.3 Å². The molecule has 0 saturated carbocycles. The van der Waals surface area contributed by atoms with Crippen molar-refractivity contribution in [2.24, 2.45) is 0 Å². The van der Waals surface area contributed by atoms with Gasteiger partial charge >= 0.3 is 0 Å². The SMILES string of the molecule is CNCCSc1nc(N)cc(N)n1. The van der Waals surface area contributed by atoms with Crippen LogP contribution in [0.5, 0.6) is 0 Å². The van der Waals surface area contributed by atoms with Gasteiger partial charge in [-0.05, 0) is 7.05 Å². The van der Waals surface area contributed by atoms with E-state index in [4.69, 9.17) is 11.5 Å². The molecule has 0 fully saturated rings. The Bertz CT molecular complexity index is 257. The minimum absolute atomic E-state index is 0.416. The molecule has 72 valence electrons. The molecule has 0 radical (unpaired) electrons. The van der Waals surface area contributed by atoms with Crippen molar-refractivity contribution in [3.63, 3.8) is 0 Å². The lowest BCUT2D eigenvalue weighted by atomic mass is 10.5. The van der Waals surface area contributed by atoms with Gasteiger partial charge in [0.2, 0.25) is 0 Å². The van der Waals surface area contributed by atoms with Gasteiger partial charge in [-0.3, -0.25) is 0 Å². The number of hydrogen-bond donors (Lipinski definition) is 3. The first-order chi connectivity index (χ1) is 6.22. The van der Waals surface area contributed by atoms with Crippen LogP contribution in [-0.4, -0.2) is 29.3 Å². The minimum atomic E-state index is 0.416. The zero-order valence-corrected chi connectivity index (χ0v) is 8.27. The first-order valence-electron chi connectivity index (χ1n) is 3.90. The van der Waals surface area contributed by atoms with E-state index in [0.717, 1.165) is 12.3 Å². The molecular formula is C7H13N5S. The van der Waals surface area contributed by atoms with Crippen LogP contribution in [0.4, 0.5) is 11.6 Å². The summed E-state index contributed by atoms with van der Waals surface area (Å²) in [4.78, 5) is 8.06. The van der Waals surface area contributed by atoms with E-state index in [1.165, 1.54) is 11.8 Å². The fourth-order valence-electron chi connectivity index (χ4n) is 0.771. The van der Waals surface area contributed by atoms with Crippen molar-refractivity contribution >= 4 is 23.4 Å². The molecule has 6 heteroatoms. The fraction of sp³-hybridized carbons (Fsp3) is 0.429. The summed E-state index contributed by atoms with van der Waals surface area (Å²) in [5, 5.41) is 3.66. The van der Waals surface area contributed by atoms with Crippen LogP contribution >= 0.6 is 11.8 Å².